The van der Waals surface area contributed by atoms with Crippen LogP contribution < -0.4 is 4.90 Å². The molecular formula is C15H12N2O2. The fourth-order valence-electron chi connectivity index (χ4n) is 2.14. The molecule has 0 bridgehead atoms. The predicted molar refractivity (Wildman–Crippen MR) is 74.2 cm³/mol. The van der Waals surface area contributed by atoms with Crippen LogP contribution in [0.25, 0.3) is 0 Å². The largest absolute Gasteiger partial charge is 0.506 e. The van der Waals surface area contributed by atoms with Gasteiger partial charge in [-0.3, -0.25) is 4.79 Å². The van der Waals surface area contributed by atoms with Crippen LogP contribution in [0.2, 0.25) is 0 Å². The van der Waals surface area contributed by atoms with Crippen molar-refractivity contribution in [1.82, 2.24) is 0 Å². The highest BCUT2D eigenvalue weighted by molar-refractivity contribution is 6.54. The summed E-state index contributed by atoms with van der Waals surface area (Å²) in [7, 11) is 1.72. The lowest BCUT2D eigenvalue weighted by Crippen LogP contribution is -2.25. The van der Waals surface area contributed by atoms with Crippen LogP contribution in [0, 0.1) is 0 Å². The van der Waals surface area contributed by atoms with E-state index in [1.807, 2.05) is 24.3 Å². The van der Waals surface area contributed by atoms with E-state index in [0.29, 0.717) is 11.4 Å². The molecule has 1 N–H and O–H groups in total. The molecule has 0 radical (unpaired) electrons. The standard InChI is InChI=1S/C15H12N2O2/c1-17-12-8-4-2-6-10(12)14(15(17)19)16-11-7-3-5-9-13(11)18/h2-9,18H,1H3. The first kappa shape index (κ1) is 11.5. The number of phenolic OH excluding ortho intramolecular Hbond substituents is 1. The normalized spacial score (nSPS) is 15.9. The lowest BCUT2D eigenvalue weighted by atomic mass is 10.1. The van der Waals surface area contributed by atoms with E-state index in [2.05, 4.69) is 4.99 Å². The van der Waals surface area contributed by atoms with Gasteiger partial charge >= 0.3 is 0 Å². The van der Waals surface area contributed by atoms with E-state index in [-0.39, 0.29) is 11.7 Å². The first-order valence-electron chi connectivity index (χ1n) is 5.92. The van der Waals surface area contributed by atoms with Crippen LogP contribution in [0.5, 0.6) is 5.75 Å². The van der Waals surface area contributed by atoms with Crippen molar-refractivity contribution in [2.45, 2.75) is 0 Å². The first-order chi connectivity index (χ1) is 9.18. The molecule has 4 nitrogen and oxygen atoms in total. The molecule has 0 aromatic heterocycles. The van der Waals surface area contributed by atoms with E-state index in [9.17, 15) is 9.90 Å². The average molecular weight is 252 g/mol. The average Bonchev–Trinajstić information content (AvgIpc) is 2.67. The number of carbonyl (C=O) groups is 1. The van der Waals surface area contributed by atoms with Gasteiger partial charge in [0.25, 0.3) is 5.91 Å². The summed E-state index contributed by atoms with van der Waals surface area (Å²) in [4.78, 5) is 18.1. The van der Waals surface area contributed by atoms with Gasteiger partial charge in [0.15, 0.2) is 0 Å². The maximum absolute atomic E-state index is 12.2. The van der Waals surface area contributed by atoms with Gasteiger partial charge in [-0.2, -0.15) is 0 Å². The third-order valence-corrected chi connectivity index (χ3v) is 3.14. The van der Waals surface area contributed by atoms with Crippen LogP contribution in [0.4, 0.5) is 11.4 Å². The molecule has 1 heterocycles. The topological polar surface area (TPSA) is 52.9 Å². The minimum atomic E-state index is -0.163. The van der Waals surface area contributed by atoms with Crippen molar-refractivity contribution < 1.29 is 9.90 Å². The minimum absolute atomic E-state index is 0.0647. The smallest absolute Gasteiger partial charge is 0.277 e. The van der Waals surface area contributed by atoms with E-state index in [0.717, 1.165) is 11.3 Å². The number of hydrogen-bond acceptors (Lipinski definition) is 3. The molecule has 3 rings (SSSR count). The van der Waals surface area contributed by atoms with Gasteiger partial charge in [0.1, 0.15) is 17.1 Å². The summed E-state index contributed by atoms with van der Waals surface area (Å²) in [6.45, 7) is 0. The number of anilines is 1. The molecule has 0 saturated carbocycles. The lowest BCUT2D eigenvalue weighted by Gasteiger charge is -2.07. The Bertz CT molecular complexity index is 692. The fourth-order valence-corrected chi connectivity index (χ4v) is 2.14. The molecule has 0 fully saturated rings. The Morgan fingerprint density at radius 2 is 1.74 bits per heavy atom. The van der Waals surface area contributed by atoms with E-state index >= 15 is 0 Å². The number of aliphatic imine (C=N–C) groups is 1. The summed E-state index contributed by atoms with van der Waals surface area (Å²) in [5.41, 5.74) is 2.38. The van der Waals surface area contributed by atoms with Crippen molar-refractivity contribution in [3.05, 3.63) is 54.1 Å². The van der Waals surface area contributed by atoms with Gasteiger partial charge < -0.3 is 10.0 Å². The van der Waals surface area contributed by atoms with Gasteiger partial charge in [-0.25, -0.2) is 4.99 Å². The zero-order chi connectivity index (χ0) is 13.4. The van der Waals surface area contributed by atoms with Crippen LogP contribution in [0.1, 0.15) is 5.56 Å². The number of phenols is 1. The number of benzene rings is 2. The van der Waals surface area contributed by atoms with Gasteiger partial charge in [-0.15, -0.1) is 0 Å². The Labute approximate surface area is 110 Å². The van der Waals surface area contributed by atoms with Gasteiger partial charge in [0.05, 0.1) is 5.69 Å². The maximum atomic E-state index is 12.2. The number of hydrogen-bond donors (Lipinski definition) is 1. The van der Waals surface area contributed by atoms with Crippen LogP contribution in [-0.2, 0) is 4.79 Å². The highest BCUT2D eigenvalue weighted by atomic mass is 16.3. The molecule has 1 aliphatic rings. The Hall–Kier alpha value is -2.62. The van der Waals surface area contributed by atoms with Gasteiger partial charge in [-0.05, 0) is 18.2 Å². The summed E-state index contributed by atoms with van der Waals surface area (Å²) >= 11 is 0. The third kappa shape index (κ3) is 1.78. The van der Waals surface area contributed by atoms with Crippen LogP contribution >= 0.6 is 0 Å². The molecule has 2 aromatic rings. The van der Waals surface area contributed by atoms with Crippen LogP contribution in [-0.4, -0.2) is 23.8 Å². The molecule has 4 heteroatoms. The molecule has 1 amide bonds. The zero-order valence-electron chi connectivity index (χ0n) is 10.4. The number of rotatable bonds is 1. The van der Waals surface area contributed by atoms with Crippen molar-refractivity contribution in [3.8, 4) is 5.75 Å². The van der Waals surface area contributed by atoms with E-state index < -0.39 is 0 Å². The molecule has 0 spiro atoms. The number of aromatic hydroxyl groups is 1. The molecular weight excluding hydrogens is 240 g/mol. The molecule has 0 aliphatic carbocycles. The maximum Gasteiger partial charge on any atom is 0.277 e. The van der Waals surface area contributed by atoms with Crippen LogP contribution in [0.15, 0.2) is 53.5 Å². The third-order valence-electron chi connectivity index (χ3n) is 3.14. The molecule has 0 saturated heterocycles. The van der Waals surface area contributed by atoms with E-state index in [1.54, 1.807) is 36.2 Å². The summed E-state index contributed by atoms with van der Waals surface area (Å²) in [6, 6.07) is 14.2. The Morgan fingerprint density at radius 1 is 1.05 bits per heavy atom. The van der Waals surface area contributed by atoms with E-state index in [4.69, 9.17) is 0 Å². The molecule has 0 atom stereocenters. The van der Waals surface area contributed by atoms with Crippen molar-refractivity contribution in [2.24, 2.45) is 4.99 Å². The van der Waals surface area contributed by atoms with Crippen molar-refractivity contribution in [2.75, 3.05) is 11.9 Å². The molecule has 94 valence electrons. The quantitative estimate of drug-likeness (QED) is 0.847. The minimum Gasteiger partial charge on any atom is -0.506 e. The lowest BCUT2D eigenvalue weighted by molar-refractivity contribution is -0.111. The Kier molecular flexibility index (Phi) is 2.56. The van der Waals surface area contributed by atoms with Gasteiger partial charge in [-0.1, -0.05) is 30.3 Å². The van der Waals surface area contributed by atoms with Gasteiger partial charge in [0.2, 0.25) is 0 Å². The number of nitrogens with zero attached hydrogens (tertiary/aromatic N) is 2. The SMILES string of the molecule is CN1C(=O)C(=Nc2ccccc2O)c2ccccc21. The number of amides is 1. The predicted octanol–water partition coefficient (Wildman–Crippen LogP) is 2.49. The summed E-state index contributed by atoms with van der Waals surface area (Å²) in [5, 5.41) is 9.74. The second-order valence-corrected chi connectivity index (χ2v) is 4.33. The van der Waals surface area contributed by atoms with E-state index in [1.165, 1.54) is 0 Å². The fraction of sp³-hybridized carbons (Fsp3) is 0.0667. The molecule has 2 aromatic carbocycles. The second-order valence-electron chi connectivity index (χ2n) is 4.33. The van der Waals surface area contributed by atoms with Crippen molar-refractivity contribution in [1.29, 1.82) is 0 Å². The summed E-state index contributed by atoms with van der Waals surface area (Å²) in [5.74, 6) is -0.0979. The summed E-state index contributed by atoms with van der Waals surface area (Å²) < 4.78 is 0. The highest BCUT2D eigenvalue weighted by Crippen LogP contribution is 2.32. The molecule has 1 aliphatic heterocycles. The van der Waals surface area contributed by atoms with Crippen LogP contribution in [0.3, 0.4) is 0 Å². The first-order valence-corrected chi connectivity index (χ1v) is 5.92. The van der Waals surface area contributed by atoms with Crippen molar-refractivity contribution in [3.63, 3.8) is 0 Å². The highest BCUT2D eigenvalue weighted by Gasteiger charge is 2.30. The number of fused-ring (bicyclic) bond motifs is 1. The Morgan fingerprint density at radius 3 is 2.53 bits per heavy atom. The number of likely N-dealkylation sites (N-methyl/N-ethyl adjacent to an activating group) is 1. The second kappa shape index (κ2) is 4.24. The number of carbonyl (C=O) groups excluding carboxylic acids is 1. The molecule has 19 heavy (non-hydrogen) atoms. The summed E-state index contributed by atoms with van der Waals surface area (Å²) in [6.07, 6.45) is 0. The van der Waals surface area contributed by atoms with Crippen molar-refractivity contribution >= 4 is 23.0 Å². The zero-order valence-corrected chi connectivity index (χ0v) is 10.4. The van der Waals surface area contributed by atoms with Gasteiger partial charge in [0, 0.05) is 12.6 Å². The molecule has 0 unspecified atom stereocenters. The Balaban J connectivity index is 2.16. The number of para-hydroxylation sites is 3. The monoisotopic (exact) mass is 252 g/mol.